The molecule has 1 aromatic carbocycles. The summed E-state index contributed by atoms with van der Waals surface area (Å²) in [7, 11) is 0. The van der Waals surface area contributed by atoms with Gasteiger partial charge >= 0.3 is 0 Å². The second-order valence-corrected chi connectivity index (χ2v) is 8.88. The smallest absolute Gasteiger partial charge is 0.261 e. The molecule has 0 aliphatic heterocycles. The van der Waals surface area contributed by atoms with Gasteiger partial charge in [0.2, 0.25) is 11.8 Å². The largest absolute Gasteiger partial charge is 0.370 e. The van der Waals surface area contributed by atoms with E-state index in [1.807, 2.05) is 0 Å². The zero-order chi connectivity index (χ0) is 25.1. The lowest BCUT2D eigenvalue weighted by atomic mass is 9.84. The van der Waals surface area contributed by atoms with E-state index in [9.17, 15) is 23.6 Å². The molecule has 0 heterocycles. The first-order valence-corrected chi connectivity index (χ1v) is 12.0. The first-order valence-electron chi connectivity index (χ1n) is 11.1. The molecule has 2 rings (SSSR count). The molecule has 1 aliphatic rings. The number of hydrogen-bond acceptors (Lipinski definition) is 4. The standard InChI is InChI=1S/C23H29Cl2FN4O4/c24-14-22(33)30(11-10-20(27)31)29-23(34)19(12-15-4-2-1-3-5-15)28-21(32)9-7-16-6-8-17(25)13-18(16)26/h6-9,13,15,19H,1-5,10-12,14H2,(H2,27,31)(H,28,32)(H,29,34)/b9-7+/t19-/m0/s1. The van der Waals surface area contributed by atoms with Crippen molar-refractivity contribution in [3.63, 3.8) is 0 Å². The highest BCUT2D eigenvalue weighted by atomic mass is 35.5. The second-order valence-electron chi connectivity index (χ2n) is 8.17. The van der Waals surface area contributed by atoms with Crippen LogP contribution in [-0.2, 0) is 19.2 Å². The first kappa shape index (κ1) is 27.6. The van der Waals surface area contributed by atoms with Crippen molar-refractivity contribution in [2.75, 3.05) is 12.4 Å². The lowest BCUT2D eigenvalue weighted by Gasteiger charge is -2.29. The summed E-state index contributed by atoms with van der Waals surface area (Å²) < 4.78 is 14.0. The Morgan fingerprint density at radius 3 is 2.53 bits per heavy atom. The molecule has 34 heavy (non-hydrogen) atoms. The number of halogens is 3. The van der Waals surface area contributed by atoms with Crippen LogP contribution in [0.3, 0.4) is 0 Å². The van der Waals surface area contributed by atoms with Crippen LogP contribution in [0.4, 0.5) is 4.39 Å². The minimum Gasteiger partial charge on any atom is -0.370 e. The molecule has 1 aliphatic carbocycles. The Bertz CT molecular complexity index is 922. The Morgan fingerprint density at radius 1 is 1.21 bits per heavy atom. The average molecular weight is 515 g/mol. The molecule has 4 amide bonds. The van der Waals surface area contributed by atoms with Crippen LogP contribution in [0.1, 0.15) is 50.5 Å². The van der Waals surface area contributed by atoms with Gasteiger partial charge < -0.3 is 11.1 Å². The van der Waals surface area contributed by atoms with Gasteiger partial charge in [-0.15, -0.1) is 11.6 Å². The molecule has 1 aromatic rings. The minimum absolute atomic E-state index is 0.146. The van der Waals surface area contributed by atoms with E-state index >= 15 is 0 Å². The monoisotopic (exact) mass is 514 g/mol. The highest BCUT2D eigenvalue weighted by Gasteiger charge is 2.28. The van der Waals surface area contributed by atoms with E-state index in [1.54, 1.807) is 0 Å². The van der Waals surface area contributed by atoms with Crippen LogP contribution in [0.25, 0.3) is 6.08 Å². The summed E-state index contributed by atoms with van der Waals surface area (Å²) in [6.45, 7) is -0.146. The van der Waals surface area contributed by atoms with Crippen molar-refractivity contribution in [2.45, 2.75) is 51.0 Å². The van der Waals surface area contributed by atoms with Crippen molar-refractivity contribution in [2.24, 2.45) is 11.7 Å². The number of rotatable bonds is 10. The first-order chi connectivity index (χ1) is 16.2. The predicted octanol–water partition coefficient (Wildman–Crippen LogP) is 2.92. The van der Waals surface area contributed by atoms with E-state index in [-0.39, 0.29) is 29.5 Å². The number of carbonyl (C=O) groups is 4. The SMILES string of the molecule is NC(=O)CCN(NC(=O)[C@H](CC1CCCCC1)NC(=O)/C=C/c1ccc(Cl)cc1F)C(=O)CCl. The number of primary amides is 1. The summed E-state index contributed by atoms with van der Waals surface area (Å²) >= 11 is 11.4. The van der Waals surface area contributed by atoms with Crippen LogP contribution in [0, 0.1) is 11.7 Å². The fourth-order valence-electron chi connectivity index (χ4n) is 3.76. The van der Waals surface area contributed by atoms with Crippen LogP contribution in [0.15, 0.2) is 24.3 Å². The van der Waals surface area contributed by atoms with E-state index in [2.05, 4.69) is 10.7 Å². The molecule has 0 radical (unpaired) electrons. The molecule has 0 spiro atoms. The van der Waals surface area contributed by atoms with E-state index in [1.165, 1.54) is 18.2 Å². The Labute approximate surface area is 208 Å². The molecule has 0 aromatic heterocycles. The van der Waals surface area contributed by atoms with Gasteiger partial charge in [-0.2, -0.15) is 0 Å². The number of nitrogens with two attached hydrogens (primary N) is 1. The van der Waals surface area contributed by atoms with Gasteiger partial charge in [-0.3, -0.25) is 29.6 Å². The Hall–Kier alpha value is -2.65. The van der Waals surface area contributed by atoms with Gasteiger partial charge in [0.1, 0.15) is 17.7 Å². The Kier molecular flexibility index (Phi) is 11.3. The number of benzene rings is 1. The summed E-state index contributed by atoms with van der Waals surface area (Å²) in [5.41, 5.74) is 7.75. The molecule has 8 nitrogen and oxygen atoms in total. The molecule has 4 N–H and O–H groups in total. The Morgan fingerprint density at radius 2 is 1.91 bits per heavy atom. The van der Waals surface area contributed by atoms with Gasteiger partial charge in [0.05, 0.1) is 6.54 Å². The quantitative estimate of drug-likeness (QED) is 0.252. The minimum atomic E-state index is -0.950. The molecule has 0 bridgehead atoms. The molecule has 186 valence electrons. The fourth-order valence-corrected chi connectivity index (χ4v) is 4.06. The van der Waals surface area contributed by atoms with E-state index in [0.29, 0.717) is 6.42 Å². The number of alkyl halides is 1. The summed E-state index contributed by atoms with van der Waals surface area (Å²) in [5.74, 6) is -3.24. The molecular weight excluding hydrogens is 486 g/mol. The van der Waals surface area contributed by atoms with Gasteiger partial charge in [-0.1, -0.05) is 49.8 Å². The van der Waals surface area contributed by atoms with Crippen molar-refractivity contribution in [3.8, 4) is 0 Å². The second kappa shape index (κ2) is 13.9. The van der Waals surface area contributed by atoms with Crippen LogP contribution in [0.5, 0.6) is 0 Å². The molecule has 1 fully saturated rings. The number of hydrazine groups is 1. The summed E-state index contributed by atoms with van der Waals surface area (Å²) in [5, 5.41) is 3.81. The molecule has 0 saturated heterocycles. The summed E-state index contributed by atoms with van der Waals surface area (Å²) in [6, 6.07) is 3.11. The lowest BCUT2D eigenvalue weighted by molar-refractivity contribution is -0.141. The van der Waals surface area contributed by atoms with Crippen molar-refractivity contribution < 1.29 is 23.6 Å². The average Bonchev–Trinajstić information content (AvgIpc) is 2.80. The maximum Gasteiger partial charge on any atom is 0.261 e. The third-order valence-corrected chi connectivity index (χ3v) is 6.01. The maximum atomic E-state index is 14.0. The van der Waals surface area contributed by atoms with Crippen molar-refractivity contribution in [1.82, 2.24) is 15.8 Å². The van der Waals surface area contributed by atoms with Crippen LogP contribution >= 0.6 is 23.2 Å². The van der Waals surface area contributed by atoms with Crippen LogP contribution in [-0.4, -0.2) is 47.1 Å². The van der Waals surface area contributed by atoms with Crippen molar-refractivity contribution in [3.05, 3.63) is 40.7 Å². The third kappa shape index (κ3) is 9.30. The number of hydrogen-bond donors (Lipinski definition) is 3. The molecule has 1 atom stereocenters. The number of nitrogens with one attached hydrogen (secondary N) is 2. The Balaban J connectivity index is 2.12. The lowest BCUT2D eigenvalue weighted by Crippen LogP contribution is -2.55. The highest BCUT2D eigenvalue weighted by Crippen LogP contribution is 2.27. The molecular formula is C23H29Cl2FN4O4. The summed E-state index contributed by atoms with van der Waals surface area (Å²) in [4.78, 5) is 48.8. The van der Waals surface area contributed by atoms with Gasteiger partial charge in [-0.05, 0) is 30.5 Å². The number of nitrogens with zero attached hydrogens (tertiary/aromatic N) is 1. The van der Waals surface area contributed by atoms with E-state index in [4.69, 9.17) is 28.9 Å². The maximum absolute atomic E-state index is 14.0. The molecule has 0 unspecified atom stereocenters. The fraction of sp³-hybridized carbons (Fsp3) is 0.478. The van der Waals surface area contributed by atoms with Gasteiger partial charge in [0.15, 0.2) is 0 Å². The van der Waals surface area contributed by atoms with Gasteiger partial charge in [-0.25, -0.2) is 4.39 Å². The molecule has 1 saturated carbocycles. The van der Waals surface area contributed by atoms with Gasteiger partial charge in [0.25, 0.3) is 11.8 Å². The van der Waals surface area contributed by atoms with Gasteiger partial charge in [0, 0.05) is 23.1 Å². The topological polar surface area (TPSA) is 122 Å². The van der Waals surface area contributed by atoms with Crippen LogP contribution < -0.4 is 16.5 Å². The number of carbonyl (C=O) groups excluding carboxylic acids is 4. The van der Waals surface area contributed by atoms with Crippen molar-refractivity contribution >= 4 is 52.9 Å². The van der Waals surface area contributed by atoms with Crippen LogP contribution in [0.2, 0.25) is 5.02 Å². The van der Waals surface area contributed by atoms with Crippen molar-refractivity contribution in [1.29, 1.82) is 0 Å². The van der Waals surface area contributed by atoms with E-state index < -0.39 is 41.4 Å². The third-order valence-electron chi connectivity index (χ3n) is 5.55. The normalized spacial score (nSPS) is 15.0. The number of amides is 4. The predicted molar refractivity (Wildman–Crippen MR) is 128 cm³/mol. The van der Waals surface area contributed by atoms with E-state index in [0.717, 1.165) is 49.3 Å². The zero-order valence-electron chi connectivity index (χ0n) is 18.7. The highest BCUT2D eigenvalue weighted by molar-refractivity contribution is 6.30. The zero-order valence-corrected chi connectivity index (χ0v) is 20.2. The molecule has 11 heteroatoms. The summed E-state index contributed by atoms with van der Waals surface area (Å²) in [6.07, 6.45) is 7.68.